The van der Waals surface area contributed by atoms with E-state index in [0.29, 0.717) is 5.56 Å². The van der Waals surface area contributed by atoms with E-state index in [4.69, 9.17) is 5.73 Å². The van der Waals surface area contributed by atoms with Crippen molar-refractivity contribution in [3.63, 3.8) is 0 Å². The molecule has 126 valence electrons. The van der Waals surface area contributed by atoms with Crippen LogP contribution >= 0.6 is 0 Å². The number of nitrogens with one attached hydrogen (secondary N) is 1. The van der Waals surface area contributed by atoms with Crippen LogP contribution in [0, 0.1) is 32.8 Å². The predicted octanol–water partition coefficient (Wildman–Crippen LogP) is 2.10. The van der Waals surface area contributed by atoms with Crippen LogP contribution in [-0.4, -0.2) is 15.0 Å². The number of phenols is 1. The lowest BCUT2D eigenvalue weighted by atomic mass is 9.91. The maximum absolute atomic E-state index is 12.0. The molecule has 9 nitrogen and oxygen atoms in total. The largest absolute Gasteiger partial charge is 0.502 e. The molecule has 9 heteroatoms. The minimum atomic E-state index is -0.856. The summed E-state index contributed by atoms with van der Waals surface area (Å²) >= 11 is 0. The molecule has 4 N–H and O–H groups in total. The minimum absolute atomic E-state index is 0.145. The summed E-state index contributed by atoms with van der Waals surface area (Å²) in [7, 11) is 0. The van der Waals surface area contributed by atoms with Gasteiger partial charge in [-0.3, -0.25) is 14.9 Å². The van der Waals surface area contributed by atoms with Crippen molar-refractivity contribution >= 4 is 11.5 Å². The molecule has 0 atom stereocenters. The molecule has 0 saturated heterocycles. The Kier molecular flexibility index (Phi) is 4.44. The van der Waals surface area contributed by atoms with Crippen LogP contribution in [0.1, 0.15) is 36.5 Å². The molecule has 0 aliphatic rings. The van der Waals surface area contributed by atoms with Crippen LogP contribution < -0.4 is 11.3 Å². The van der Waals surface area contributed by atoms with E-state index in [1.165, 1.54) is 12.1 Å². The first-order chi connectivity index (χ1) is 11.7. The molecule has 25 heavy (non-hydrogen) atoms. The average Bonchev–Trinajstić information content (AvgIpc) is 2.54. The fraction of sp³-hybridized carbons (Fsp3) is 0.188. The highest BCUT2D eigenvalue weighted by atomic mass is 16.6. The van der Waals surface area contributed by atoms with Gasteiger partial charge >= 0.3 is 5.69 Å². The smallest absolute Gasteiger partial charge is 0.311 e. The van der Waals surface area contributed by atoms with Crippen molar-refractivity contribution in [2.24, 2.45) is 0 Å². The van der Waals surface area contributed by atoms with Crippen molar-refractivity contribution in [2.45, 2.75) is 19.8 Å². The maximum atomic E-state index is 12.0. The third-order valence-electron chi connectivity index (χ3n) is 3.71. The number of nitrogen functional groups attached to an aromatic ring is 1. The Bertz CT molecular complexity index is 1020. The fourth-order valence-electron chi connectivity index (χ4n) is 2.42. The molecule has 2 aromatic rings. The zero-order chi connectivity index (χ0) is 18.9. The van der Waals surface area contributed by atoms with Crippen molar-refractivity contribution < 1.29 is 10.0 Å². The number of rotatable bonds is 3. The number of H-pyrrole nitrogens is 1. The van der Waals surface area contributed by atoms with Crippen LogP contribution in [0.3, 0.4) is 0 Å². The second-order valence-electron chi connectivity index (χ2n) is 5.56. The van der Waals surface area contributed by atoms with E-state index in [1.54, 1.807) is 26.0 Å². The molecule has 0 amide bonds. The molecule has 0 spiro atoms. The minimum Gasteiger partial charge on any atom is -0.502 e. The molecular weight excluding hydrogens is 326 g/mol. The van der Waals surface area contributed by atoms with Crippen molar-refractivity contribution in [1.29, 1.82) is 10.5 Å². The van der Waals surface area contributed by atoms with Gasteiger partial charge in [0.25, 0.3) is 5.56 Å². The first-order valence-electron chi connectivity index (χ1n) is 7.10. The van der Waals surface area contributed by atoms with Crippen molar-refractivity contribution in [2.75, 3.05) is 5.73 Å². The highest BCUT2D eigenvalue weighted by Gasteiger charge is 2.26. The van der Waals surface area contributed by atoms with Crippen LogP contribution in [0.5, 0.6) is 5.75 Å². The van der Waals surface area contributed by atoms with Crippen LogP contribution in [-0.2, 0) is 0 Å². The predicted molar refractivity (Wildman–Crippen MR) is 88.7 cm³/mol. The van der Waals surface area contributed by atoms with Gasteiger partial charge in [0, 0.05) is 17.2 Å². The molecule has 0 radical (unpaired) electrons. The Morgan fingerprint density at radius 3 is 2.36 bits per heavy atom. The SMILES string of the molecule is CC(C)c1cc(-c2c(C#N)c(N)[nH]c(=O)c2C#N)c(O)c([N+](=O)[O-])c1. The number of pyridine rings is 1. The standard InChI is InChI=1S/C16H13N5O4/c1-7(2)8-3-9(14(22)12(4-8)21(24)25)13-10(5-17)15(19)20-16(23)11(13)6-18/h3-4,7,22H,1-2H3,(H3,19,20,23). The van der Waals surface area contributed by atoms with E-state index in [2.05, 4.69) is 4.98 Å². The van der Waals surface area contributed by atoms with Crippen molar-refractivity contribution in [3.05, 3.63) is 49.3 Å². The van der Waals surface area contributed by atoms with E-state index >= 15 is 0 Å². The van der Waals surface area contributed by atoms with Gasteiger partial charge in [-0.25, -0.2) is 0 Å². The monoisotopic (exact) mass is 339 g/mol. The van der Waals surface area contributed by atoms with E-state index in [1.807, 2.05) is 0 Å². The normalized spacial score (nSPS) is 10.3. The van der Waals surface area contributed by atoms with Gasteiger partial charge in [-0.05, 0) is 17.5 Å². The summed E-state index contributed by atoms with van der Waals surface area (Å²) in [6.07, 6.45) is 0. The van der Waals surface area contributed by atoms with Crippen LogP contribution in [0.15, 0.2) is 16.9 Å². The molecule has 0 saturated carbocycles. The number of nitro benzene ring substituents is 1. The highest BCUT2D eigenvalue weighted by molar-refractivity contribution is 5.86. The highest BCUT2D eigenvalue weighted by Crippen LogP contribution is 2.42. The molecule has 0 unspecified atom stereocenters. The number of aromatic amines is 1. The summed E-state index contributed by atoms with van der Waals surface area (Å²) in [6.45, 7) is 3.56. The fourth-order valence-corrected chi connectivity index (χ4v) is 2.42. The Labute approximate surface area is 141 Å². The number of aromatic hydroxyl groups is 1. The maximum Gasteiger partial charge on any atom is 0.311 e. The lowest BCUT2D eigenvalue weighted by Crippen LogP contribution is -2.16. The summed E-state index contributed by atoms with van der Waals surface area (Å²) < 4.78 is 0. The molecule has 1 aromatic carbocycles. The van der Waals surface area contributed by atoms with Crippen molar-refractivity contribution in [1.82, 2.24) is 4.98 Å². The number of aromatic nitrogens is 1. The topological polar surface area (TPSA) is 170 Å². The second kappa shape index (κ2) is 6.34. The number of nitriles is 2. The zero-order valence-corrected chi connectivity index (χ0v) is 13.3. The molecule has 0 bridgehead atoms. The molecule has 0 aliphatic heterocycles. The number of nitrogens with zero attached hydrogens (tertiary/aromatic N) is 3. The molecule has 1 aromatic heterocycles. The van der Waals surface area contributed by atoms with Crippen LogP contribution in [0.4, 0.5) is 11.5 Å². The van der Waals surface area contributed by atoms with Gasteiger partial charge in [0.1, 0.15) is 29.1 Å². The van der Waals surface area contributed by atoms with E-state index in [-0.39, 0.29) is 28.4 Å². The van der Waals surface area contributed by atoms with Gasteiger partial charge in [-0.2, -0.15) is 10.5 Å². The lowest BCUT2D eigenvalue weighted by Gasteiger charge is -2.14. The lowest BCUT2D eigenvalue weighted by molar-refractivity contribution is -0.385. The van der Waals surface area contributed by atoms with Gasteiger partial charge in [-0.1, -0.05) is 13.8 Å². The molecule has 0 aliphatic carbocycles. The Balaban J connectivity index is 3.07. The van der Waals surface area contributed by atoms with Gasteiger partial charge < -0.3 is 15.8 Å². The van der Waals surface area contributed by atoms with Crippen molar-refractivity contribution in [3.8, 4) is 29.0 Å². The first-order valence-corrected chi connectivity index (χ1v) is 7.10. The summed E-state index contributed by atoms with van der Waals surface area (Å²) in [5.41, 5.74) is 3.58. The number of benzene rings is 1. The van der Waals surface area contributed by atoms with Gasteiger partial charge in [0.2, 0.25) is 5.75 Å². The Morgan fingerprint density at radius 1 is 1.28 bits per heavy atom. The third-order valence-corrected chi connectivity index (χ3v) is 3.71. The summed E-state index contributed by atoms with van der Waals surface area (Å²) in [6, 6.07) is 6.03. The van der Waals surface area contributed by atoms with Crippen LogP contribution in [0.25, 0.3) is 11.1 Å². The number of phenolic OH excluding ortho intramolecular Hbond substituents is 1. The quantitative estimate of drug-likeness (QED) is 0.567. The molecule has 1 heterocycles. The summed E-state index contributed by atoms with van der Waals surface area (Å²) in [5, 5.41) is 40.2. The Hall–Kier alpha value is -3.85. The van der Waals surface area contributed by atoms with E-state index in [0.717, 1.165) is 0 Å². The molecule has 2 rings (SSSR count). The van der Waals surface area contributed by atoms with Crippen LogP contribution in [0.2, 0.25) is 0 Å². The number of hydrogen-bond donors (Lipinski definition) is 3. The number of anilines is 1. The number of nitrogens with two attached hydrogens (primary N) is 1. The van der Waals surface area contributed by atoms with Gasteiger partial charge in [0.05, 0.1) is 4.92 Å². The Morgan fingerprint density at radius 2 is 1.88 bits per heavy atom. The summed E-state index contributed by atoms with van der Waals surface area (Å²) in [4.78, 5) is 24.6. The number of nitro groups is 1. The van der Waals surface area contributed by atoms with E-state index < -0.39 is 27.5 Å². The average molecular weight is 339 g/mol. The zero-order valence-electron chi connectivity index (χ0n) is 13.3. The van der Waals surface area contributed by atoms with E-state index in [9.17, 15) is 30.5 Å². The number of hydrogen-bond acceptors (Lipinski definition) is 7. The summed E-state index contributed by atoms with van der Waals surface area (Å²) in [5.74, 6) is -1.18. The third kappa shape index (κ3) is 2.86. The first kappa shape index (κ1) is 17.5. The molecule has 0 fully saturated rings. The molecular formula is C16H13N5O4. The van der Waals surface area contributed by atoms with Gasteiger partial charge in [-0.15, -0.1) is 0 Å². The second-order valence-corrected chi connectivity index (χ2v) is 5.56. The van der Waals surface area contributed by atoms with Gasteiger partial charge in [0.15, 0.2) is 0 Å².